The van der Waals surface area contributed by atoms with Gasteiger partial charge in [0.05, 0.1) is 7.11 Å². The molecular formula is C20H23N3O4. The molecular weight excluding hydrogens is 346 g/mol. The summed E-state index contributed by atoms with van der Waals surface area (Å²) in [6.45, 7) is 1.70. The summed E-state index contributed by atoms with van der Waals surface area (Å²) in [5.74, 6) is 0.396. The number of nitrogens with one attached hydrogen (secondary N) is 1. The minimum atomic E-state index is -0.544. The van der Waals surface area contributed by atoms with E-state index < -0.39 is 5.97 Å². The molecule has 3 rings (SSSR count). The van der Waals surface area contributed by atoms with Crippen molar-refractivity contribution in [1.29, 1.82) is 0 Å². The Kier molecular flexibility index (Phi) is 6.25. The van der Waals surface area contributed by atoms with Crippen molar-refractivity contribution in [2.75, 3.05) is 31.7 Å². The van der Waals surface area contributed by atoms with Crippen LogP contribution in [0.1, 0.15) is 28.8 Å². The van der Waals surface area contributed by atoms with Crippen molar-refractivity contribution in [2.24, 2.45) is 0 Å². The van der Waals surface area contributed by atoms with E-state index in [0.29, 0.717) is 23.7 Å². The summed E-state index contributed by atoms with van der Waals surface area (Å²) in [6, 6.07) is 10.8. The third kappa shape index (κ3) is 4.75. The van der Waals surface area contributed by atoms with Crippen LogP contribution in [0, 0.1) is 0 Å². The molecule has 0 radical (unpaired) electrons. The van der Waals surface area contributed by atoms with E-state index in [1.54, 1.807) is 25.4 Å². The number of hydrogen-bond donors (Lipinski definition) is 1. The molecule has 0 bridgehead atoms. The number of amides is 1. The van der Waals surface area contributed by atoms with Crippen molar-refractivity contribution in [3.05, 3.63) is 53.7 Å². The average molecular weight is 369 g/mol. The number of anilines is 1. The average Bonchev–Trinajstić information content (AvgIpc) is 3.25. The minimum absolute atomic E-state index is 0.298. The van der Waals surface area contributed by atoms with Crippen molar-refractivity contribution >= 4 is 17.7 Å². The van der Waals surface area contributed by atoms with Gasteiger partial charge < -0.3 is 19.7 Å². The SMILES string of the molecule is COc1ccccc1CNC(=O)COC(=O)c1cccnc1N1CCCC1. The predicted octanol–water partition coefficient (Wildman–Crippen LogP) is 2.16. The third-order valence-electron chi connectivity index (χ3n) is 4.42. The van der Waals surface area contributed by atoms with Crippen LogP contribution in [-0.4, -0.2) is 43.7 Å². The molecule has 1 aliphatic rings. The quantitative estimate of drug-likeness (QED) is 0.754. The highest BCUT2D eigenvalue weighted by Crippen LogP contribution is 2.22. The molecule has 1 N–H and O–H groups in total. The summed E-state index contributed by atoms with van der Waals surface area (Å²) in [5, 5.41) is 2.73. The van der Waals surface area contributed by atoms with E-state index in [9.17, 15) is 9.59 Å². The Labute approximate surface area is 158 Å². The molecule has 1 aromatic carbocycles. The van der Waals surface area contributed by atoms with Gasteiger partial charge in [-0.1, -0.05) is 18.2 Å². The molecule has 0 spiro atoms. The normalized spacial score (nSPS) is 13.3. The fraction of sp³-hybridized carbons (Fsp3) is 0.350. The Morgan fingerprint density at radius 1 is 1.15 bits per heavy atom. The summed E-state index contributed by atoms with van der Waals surface area (Å²) in [5.41, 5.74) is 1.24. The van der Waals surface area contributed by atoms with Gasteiger partial charge in [0.15, 0.2) is 6.61 Å². The highest BCUT2D eigenvalue weighted by atomic mass is 16.5. The predicted molar refractivity (Wildman–Crippen MR) is 101 cm³/mol. The van der Waals surface area contributed by atoms with Crippen LogP contribution in [0.15, 0.2) is 42.6 Å². The summed E-state index contributed by atoms with van der Waals surface area (Å²) < 4.78 is 10.4. The zero-order valence-corrected chi connectivity index (χ0v) is 15.3. The molecule has 2 heterocycles. The summed E-state index contributed by atoms with van der Waals surface area (Å²) in [4.78, 5) is 30.8. The Morgan fingerprint density at radius 3 is 2.70 bits per heavy atom. The topological polar surface area (TPSA) is 80.8 Å². The van der Waals surface area contributed by atoms with Crippen molar-refractivity contribution in [1.82, 2.24) is 10.3 Å². The number of rotatable bonds is 7. The van der Waals surface area contributed by atoms with Gasteiger partial charge in [-0.3, -0.25) is 4.79 Å². The lowest BCUT2D eigenvalue weighted by atomic mass is 10.2. The van der Waals surface area contributed by atoms with Crippen molar-refractivity contribution in [2.45, 2.75) is 19.4 Å². The first kappa shape index (κ1) is 18.7. The van der Waals surface area contributed by atoms with Crippen LogP contribution >= 0.6 is 0 Å². The molecule has 7 nitrogen and oxygen atoms in total. The van der Waals surface area contributed by atoms with Crippen LogP contribution in [0.4, 0.5) is 5.82 Å². The van der Waals surface area contributed by atoms with Crippen LogP contribution in [0.25, 0.3) is 0 Å². The molecule has 2 aromatic rings. The second-order valence-electron chi connectivity index (χ2n) is 6.23. The van der Waals surface area contributed by atoms with E-state index in [2.05, 4.69) is 15.2 Å². The van der Waals surface area contributed by atoms with Crippen molar-refractivity contribution in [3.8, 4) is 5.75 Å². The second kappa shape index (κ2) is 9.02. The number of nitrogens with zero attached hydrogens (tertiary/aromatic N) is 2. The molecule has 1 aromatic heterocycles. The van der Waals surface area contributed by atoms with Crippen LogP contribution in [0.2, 0.25) is 0 Å². The molecule has 1 saturated heterocycles. The number of para-hydroxylation sites is 1. The van der Waals surface area contributed by atoms with E-state index in [1.807, 2.05) is 24.3 Å². The van der Waals surface area contributed by atoms with Crippen LogP contribution < -0.4 is 15.0 Å². The Morgan fingerprint density at radius 2 is 1.93 bits per heavy atom. The lowest BCUT2D eigenvalue weighted by molar-refractivity contribution is -0.124. The first-order valence-electron chi connectivity index (χ1n) is 8.94. The van der Waals surface area contributed by atoms with E-state index in [4.69, 9.17) is 9.47 Å². The first-order valence-corrected chi connectivity index (χ1v) is 8.94. The summed E-state index contributed by atoms with van der Waals surface area (Å²) >= 11 is 0. The lowest BCUT2D eigenvalue weighted by Gasteiger charge is -2.18. The maximum Gasteiger partial charge on any atom is 0.342 e. The zero-order valence-electron chi connectivity index (χ0n) is 15.3. The van der Waals surface area contributed by atoms with Gasteiger partial charge >= 0.3 is 5.97 Å². The summed E-state index contributed by atoms with van der Waals surface area (Å²) in [7, 11) is 1.58. The van der Waals surface area contributed by atoms with Gasteiger partial charge in [-0.25, -0.2) is 9.78 Å². The van der Waals surface area contributed by atoms with Gasteiger partial charge in [-0.2, -0.15) is 0 Å². The lowest BCUT2D eigenvalue weighted by Crippen LogP contribution is -2.29. The summed E-state index contributed by atoms with van der Waals surface area (Å²) in [6.07, 6.45) is 3.82. The fourth-order valence-corrected chi connectivity index (χ4v) is 3.04. The Hall–Kier alpha value is -3.09. The van der Waals surface area contributed by atoms with Gasteiger partial charge in [0.2, 0.25) is 0 Å². The molecule has 0 saturated carbocycles. The number of carbonyl (C=O) groups is 2. The molecule has 0 aliphatic carbocycles. The minimum Gasteiger partial charge on any atom is -0.496 e. The smallest absolute Gasteiger partial charge is 0.342 e. The van der Waals surface area contributed by atoms with E-state index in [1.165, 1.54) is 0 Å². The third-order valence-corrected chi connectivity index (χ3v) is 4.42. The molecule has 1 fully saturated rings. The Balaban J connectivity index is 1.54. The number of carbonyl (C=O) groups excluding carboxylic acids is 2. The van der Waals surface area contributed by atoms with Gasteiger partial charge in [-0.15, -0.1) is 0 Å². The Bertz CT molecular complexity index is 803. The number of methoxy groups -OCH3 is 1. The van der Waals surface area contributed by atoms with Gasteiger partial charge in [0, 0.05) is 31.4 Å². The van der Waals surface area contributed by atoms with Gasteiger partial charge in [-0.05, 0) is 31.0 Å². The first-order chi connectivity index (χ1) is 13.2. The van der Waals surface area contributed by atoms with E-state index >= 15 is 0 Å². The largest absolute Gasteiger partial charge is 0.496 e. The highest BCUT2D eigenvalue weighted by Gasteiger charge is 2.22. The van der Waals surface area contributed by atoms with Crippen molar-refractivity contribution < 1.29 is 19.1 Å². The van der Waals surface area contributed by atoms with Crippen LogP contribution in [0.3, 0.4) is 0 Å². The standard InChI is InChI=1S/C20H23N3O4/c1-26-17-9-3-2-7-15(17)13-22-18(24)14-27-20(25)16-8-6-10-21-19(16)23-11-4-5-12-23/h2-3,6-10H,4-5,11-14H2,1H3,(H,22,24). The number of benzene rings is 1. The number of esters is 1. The fourth-order valence-electron chi connectivity index (χ4n) is 3.04. The molecule has 27 heavy (non-hydrogen) atoms. The van der Waals surface area contributed by atoms with E-state index in [-0.39, 0.29) is 12.5 Å². The second-order valence-corrected chi connectivity index (χ2v) is 6.23. The zero-order chi connectivity index (χ0) is 19.1. The molecule has 1 aliphatic heterocycles. The number of aromatic nitrogens is 1. The monoisotopic (exact) mass is 369 g/mol. The molecule has 142 valence electrons. The van der Waals surface area contributed by atoms with Crippen LogP contribution in [-0.2, 0) is 16.1 Å². The van der Waals surface area contributed by atoms with Crippen molar-refractivity contribution in [3.63, 3.8) is 0 Å². The van der Waals surface area contributed by atoms with E-state index in [0.717, 1.165) is 31.5 Å². The van der Waals surface area contributed by atoms with Gasteiger partial charge in [0.1, 0.15) is 17.1 Å². The molecule has 0 atom stereocenters. The molecule has 7 heteroatoms. The molecule has 1 amide bonds. The maximum absolute atomic E-state index is 12.4. The van der Waals surface area contributed by atoms with Crippen LogP contribution in [0.5, 0.6) is 5.75 Å². The molecule has 0 unspecified atom stereocenters. The number of ether oxygens (including phenoxy) is 2. The number of pyridine rings is 1. The number of hydrogen-bond acceptors (Lipinski definition) is 6. The van der Waals surface area contributed by atoms with Gasteiger partial charge in [0.25, 0.3) is 5.91 Å². The maximum atomic E-state index is 12.4. The highest BCUT2D eigenvalue weighted by molar-refractivity contribution is 5.96.